The van der Waals surface area contributed by atoms with E-state index in [2.05, 4.69) is 10.7 Å². The highest BCUT2D eigenvalue weighted by Crippen LogP contribution is 2.12. The molecular formula is C14H23N3O3. The lowest BCUT2D eigenvalue weighted by atomic mass is 10.1. The molecule has 0 aliphatic carbocycles. The van der Waals surface area contributed by atoms with Gasteiger partial charge in [-0.05, 0) is 17.7 Å². The minimum atomic E-state index is -0.555. The first-order valence-electron chi connectivity index (χ1n) is 6.64. The third-order valence-corrected chi connectivity index (χ3v) is 2.65. The molecule has 0 bridgehead atoms. The Bertz CT molecular complexity index is 407. The fourth-order valence-electron chi connectivity index (χ4n) is 1.56. The van der Waals surface area contributed by atoms with Gasteiger partial charge in [0.05, 0.1) is 6.42 Å². The average Bonchev–Trinajstić information content (AvgIpc) is 2.44. The zero-order chi connectivity index (χ0) is 15.0. The van der Waals surface area contributed by atoms with Crippen LogP contribution in [0.5, 0.6) is 5.75 Å². The maximum atomic E-state index is 11.1. The SMILES string of the molecule is CC(C)NCC(O)COc1ccc(CC(=O)NN)cc1. The molecule has 112 valence electrons. The van der Waals surface area contributed by atoms with E-state index in [1.807, 2.05) is 13.8 Å². The van der Waals surface area contributed by atoms with Crippen LogP contribution in [0, 0.1) is 0 Å². The summed E-state index contributed by atoms with van der Waals surface area (Å²) in [7, 11) is 0. The van der Waals surface area contributed by atoms with E-state index in [9.17, 15) is 9.90 Å². The van der Waals surface area contributed by atoms with Crippen LogP contribution >= 0.6 is 0 Å². The topological polar surface area (TPSA) is 96.6 Å². The largest absolute Gasteiger partial charge is 0.491 e. The van der Waals surface area contributed by atoms with Gasteiger partial charge in [0.2, 0.25) is 5.91 Å². The molecule has 20 heavy (non-hydrogen) atoms. The molecule has 0 aliphatic rings. The molecule has 1 unspecified atom stereocenters. The van der Waals surface area contributed by atoms with Crippen molar-refractivity contribution in [2.24, 2.45) is 5.84 Å². The number of carbonyl (C=O) groups is 1. The molecular weight excluding hydrogens is 258 g/mol. The van der Waals surface area contributed by atoms with Crippen LogP contribution in [0.2, 0.25) is 0 Å². The number of benzene rings is 1. The molecule has 5 N–H and O–H groups in total. The first kappa shape index (κ1) is 16.4. The predicted molar refractivity (Wildman–Crippen MR) is 77.1 cm³/mol. The Morgan fingerprint density at radius 1 is 1.35 bits per heavy atom. The molecule has 1 aromatic carbocycles. The second-order valence-electron chi connectivity index (χ2n) is 4.92. The number of rotatable bonds is 8. The number of hydrogen-bond donors (Lipinski definition) is 4. The molecule has 1 aromatic rings. The summed E-state index contributed by atoms with van der Waals surface area (Å²) in [5, 5.41) is 12.8. The Morgan fingerprint density at radius 3 is 2.55 bits per heavy atom. The van der Waals surface area contributed by atoms with E-state index in [1.54, 1.807) is 24.3 Å². The van der Waals surface area contributed by atoms with Crippen molar-refractivity contribution in [1.82, 2.24) is 10.7 Å². The Hall–Kier alpha value is -1.63. The molecule has 0 heterocycles. The highest BCUT2D eigenvalue weighted by Gasteiger charge is 2.06. The molecule has 0 saturated heterocycles. The second kappa shape index (κ2) is 8.52. The lowest BCUT2D eigenvalue weighted by Crippen LogP contribution is -2.35. The van der Waals surface area contributed by atoms with Gasteiger partial charge in [-0.25, -0.2) is 5.84 Å². The van der Waals surface area contributed by atoms with E-state index in [1.165, 1.54) is 0 Å². The Labute approximate surface area is 119 Å². The summed E-state index contributed by atoms with van der Waals surface area (Å²) in [6.07, 6.45) is -0.322. The quantitative estimate of drug-likeness (QED) is 0.304. The van der Waals surface area contributed by atoms with Gasteiger partial charge in [-0.1, -0.05) is 26.0 Å². The highest BCUT2D eigenvalue weighted by atomic mass is 16.5. The van der Waals surface area contributed by atoms with Crippen LogP contribution in [0.3, 0.4) is 0 Å². The van der Waals surface area contributed by atoms with Gasteiger partial charge in [0.15, 0.2) is 0 Å². The van der Waals surface area contributed by atoms with Crippen LogP contribution in [0.1, 0.15) is 19.4 Å². The molecule has 6 nitrogen and oxygen atoms in total. The van der Waals surface area contributed by atoms with Crippen LogP contribution in [-0.4, -0.2) is 36.3 Å². The molecule has 6 heteroatoms. The average molecular weight is 281 g/mol. The van der Waals surface area contributed by atoms with E-state index in [-0.39, 0.29) is 18.9 Å². The van der Waals surface area contributed by atoms with Crippen molar-refractivity contribution in [2.45, 2.75) is 32.4 Å². The fourth-order valence-corrected chi connectivity index (χ4v) is 1.56. The first-order chi connectivity index (χ1) is 9.51. The van der Waals surface area contributed by atoms with Gasteiger partial charge < -0.3 is 15.2 Å². The number of hydrazine groups is 1. The van der Waals surface area contributed by atoms with Gasteiger partial charge in [0.25, 0.3) is 0 Å². The zero-order valence-electron chi connectivity index (χ0n) is 11.9. The van der Waals surface area contributed by atoms with E-state index in [0.717, 1.165) is 5.56 Å². The van der Waals surface area contributed by atoms with Crippen LogP contribution < -0.4 is 21.3 Å². The number of hydrogen-bond acceptors (Lipinski definition) is 5. The molecule has 0 radical (unpaired) electrons. The van der Waals surface area contributed by atoms with Gasteiger partial charge in [0, 0.05) is 12.6 Å². The third kappa shape index (κ3) is 6.51. The maximum absolute atomic E-state index is 11.1. The summed E-state index contributed by atoms with van der Waals surface area (Å²) in [6.45, 7) is 4.75. The number of ether oxygens (including phenoxy) is 1. The van der Waals surface area contributed by atoms with Gasteiger partial charge >= 0.3 is 0 Å². The van der Waals surface area contributed by atoms with Crippen LogP contribution in [0.15, 0.2) is 24.3 Å². The van der Waals surface area contributed by atoms with Gasteiger partial charge in [-0.15, -0.1) is 0 Å². The highest BCUT2D eigenvalue weighted by molar-refractivity contribution is 5.77. The summed E-state index contributed by atoms with van der Waals surface area (Å²) in [4.78, 5) is 11.1. The van der Waals surface area contributed by atoms with Gasteiger partial charge in [0.1, 0.15) is 18.5 Å². The molecule has 1 amide bonds. The van der Waals surface area contributed by atoms with Crippen LogP contribution in [0.25, 0.3) is 0 Å². The monoisotopic (exact) mass is 281 g/mol. The lowest BCUT2D eigenvalue weighted by Gasteiger charge is -2.15. The summed E-state index contributed by atoms with van der Waals surface area (Å²) in [5.74, 6) is 5.44. The summed E-state index contributed by atoms with van der Waals surface area (Å²) in [6, 6.07) is 7.45. The van der Waals surface area contributed by atoms with Crippen molar-refractivity contribution in [2.75, 3.05) is 13.2 Å². The Kier molecular flexibility index (Phi) is 7.00. The molecule has 0 saturated carbocycles. The normalized spacial score (nSPS) is 12.2. The second-order valence-corrected chi connectivity index (χ2v) is 4.92. The molecule has 0 spiro atoms. The number of carbonyl (C=O) groups excluding carboxylic acids is 1. The number of nitrogens with two attached hydrogens (primary N) is 1. The molecule has 0 aromatic heterocycles. The Balaban J connectivity index is 2.36. The molecule has 0 fully saturated rings. The zero-order valence-corrected chi connectivity index (χ0v) is 11.9. The Morgan fingerprint density at radius 2 is 2.00 bits per heavy atom. The number of aliphatic hydroxyl groups is 1. The van der Waals surface area contributed by atoms with Crippen molar-refractivity contribution >= 4 is 5.91 Å². The fraction of sp³-hybridized carbons (Fsp3) is 0.500. The van der Waals surface area contributed by atoms with Crippen molar-refractivity contribution in [3.63, 3.8) is 0 Å². The van der Waals surface area contributed by atoms with E-state index in [0.29, 0.717) is 18.3 Å². The minimum absolute atomic E-state index is 0.225. The summed E-state index contributed by atoms with van der Waals surface area (Å²) in [5.41, 5.74) is 2.93. The van der Waals surface area contributed by atoms with E-state index in [4.69, 9.17) is 10.6 Å². The van der Waals surface area contributed by atoms with Crippen molar-refractivity contribution < 1.29 is 14.6 Å². The lowest BCUT2D eigenvalue weighted by molar-refractivity contribution is -0.120. The number of aliphatic hydroxyl groups excluding tert-OH is 1. The minimum Gasteiger partial charge on any atom is -0.491 e. The predicted octanol–water partition coefficient (Wildman–Crippen LogP) is -0.0433. The first-order valence-corrected chi connectivity index (χ1v) is 6.64. The third-order valence-electron chi connectivity index (χ3n) is 2.65. The standard InChI is InChI=1S/C14H23N3O3/c1-10(2)16-8-12(18)9-20-13-5-3-11(4-6-13)7-14(19)17-15/h3-6,10,12,16,18H,7-9,15H2,1-2H3,(H,17,19). The number of nitrogens with one attached hydrogen (secondary N) is 2. The van der Waals surface area contributed by atoms with Crippen LogP contribution in [0.4, 0.5) is 0 Å². The van der Waals surface area contributed by atoms with E-state index >= 15 is 0 Å². The van der Waals surface area contributed by atoms with Gasteiger partial charge in [-0.3, -0.25) is 10.2 Å². The van der Waals surface area contributed by atoms with Gasteiger partial charge in [-0.2, -0.15) is 0 Å². The smallest absolute Gasteiger partial charge is 0.238 e. The van der Waals surface area contributed by atoms with Crippen molar-refractivity contribution in [1.29, 1.82) is 0 Å². The number of amides is 1. The molecule has 1 rings (SSSR count). The van der Waals surface area contributed by atoms with Crippen molar-refractivity contribution in [3.05, 3.63) is 29.8 Å². The summed E-state index contributed by atoms with van der Waals surface area (Å²) < 4.78 is 5.47. The summed E-state index contributed by atoms with van der Waals surface area (Å²) >= 11 is 0. The van der Waals surface area contributed by atoms with Crippen molar-refractivity contribution in [3.8, 4) is 5.75 Å². The van der Waals surface area contributed by atoms with Crippen LogP contribution in [-0.2, 0) is 11.2 Å². The van der Waals surface area contributed by atoms with E-state index < -0.39 is 6.10 Å². The maximum Gasteiger partial charge on any atom is 0.238 e. The molecule has 1 atom stereocenters. The molecule has 0 aliphatic heterocycles.